The third-order valence-electron chi connectivity index (χ3n) is 3.70. The van der Waals surface area contributed by atoms with E-state index in [1.165, 1.54) is 12.1 Å². The third kappa shape index (κ3) is 4.12. The zero-order valence-corrected chi connectivity index (χ0v) is 13.9. The van der Waals surface area contributed by atoms with E-state index >= 15 is 0 Å². The SMILES string of the molecule is COc1cc(C)ccc1OCc1cncc(-c2cc(F)cc(F)c2)c1. The molecule has 0 atom stereocenters. The molecule has 0 saturated heterocycles. The lowest BCUT2D eigenvalue weighted by molar-refractivity contribution is 0.284. The van der Waals surface area contributed by atoms with Crippen LogP contribution in [0.3, 0.4) is 0 Å². The van der Waals surface area contributed by atoms with Crippen LogP contribution in [0.4, 0.5) is 8.78 Å². The number of ether oxygens (including phenoxy) is 2. The molecule has 0 saturated carbocycles. The van der Waals surface area contributed by atoms with Crippen LogP contribution in [0.15, 0.2) is 54.9 Å². The Bertz CT molecular complexity index is 876. The number of rotatable bonds is 5. The van der Waals surface area contributed by atoms with E-state index in [-0.39, 0.29) is 6.61 Å². The third-order valence-corrected chi connectivity index (χ3v) is 3.70. The van der Waals surface area contributed by atoms with E-state index < -0.39 is 11.6 Å². The minimum Gasteiger partial charge on any atom is -0.493 e. The van der Waals surface area contributed by atoms with Gasteiger partial charge in [0, 0.05) is 29.6 Å². The van der Waals surface area contributed by atoms with Crippen LogP contribution in [0.5, 0.6) is 11.5 Å². The Labute approximate surface area is 144 Å². The van der Waals surface area contributed by atoms with E-state index in [2.05, 4.69) is 4.98 Å². The van der Waals surface area contributed by atoms with Crippen LogP contribution >= 0.6 is 0 Å². The molecule has 3 aromatic rings. The van der Waals surface area contributed by atoms with E-state index in [9.17, 15) is 8.78 Å². The fourth-order valence-corrected chi connectivity index (χ4v) is 2.50. The predicted molar refractivity (Wildman–Crippen MR) is 91.7 cm³/mol. The van der Waals surface area contributed by atoms with Gasteiger partial charge in [-0.15, -0.1) is 0 Å². The number of hydrogen-bond acceptors (Lipinski definition) is 3. The number of benzene rings is 2. The van der Waals surface area contributed by atoms with E-state index in [0.29, 0.717) is 22.6 Å². The van der Waals surface area contributed by atoms with Crippen molar-refractivity contribution in [3.63, 3.8) is 0 Å². The van der Waals surface area contributed by atoms with Crippen LogP contribution in [-0.2, 0) is 6.61 Å². The number of pyridine rings is 1. The molecule has 0 aliphatic heterocycles. The van der Waals surface area contributed by atoms with Crippen LogP contribution in [0.1, 0.15) is 11.1 Å². The van der Waals surface area contributed by atoms with Crippen molar-refractivity contribution in [3.8, 4) is 22.6 Å². The fourth-order valence-electron chi connectivity index (χ4n) is 2.50. The first-order chi connectivity index (χ1) is 12.0. The van der Waals surface area contributed by atoms with E-state index in [4.69, 9.17) is 9.47 Å². The summed E-state index contributed by atoms with van der Waals surface area (Å²) in [5.74, 6) is 0.0220. The smallest absolute Gasteiger partial charge is 0.161 e. The first kappa shape index (κ1) is 16.9. The van der Waals surface area contributed by atoms with Gasteiger partial charge in [-0.2, -0.15) is 0 Å². The average molecular weight is 341 g/mol. The Morgan fingerprint density at radius 3 is 2.36 bits per heavy atom. The molecule has 5 heteroatoms. The maximum absolute atomic E-state index is 13.4. The molecule has 3 nitrogen and oxygen atoms in total. The maximum Gasteiger partial charge on any atom is 0.161 e. The quantitative estimate of drug-likeness (QED) is 0.660. The molecule has 0 aliphatic rings. The number of nitrogens with zero attached hydrogens (tertiary/aromatic N) is 1. The summed E-state index contributed by atoms with van der Waals surface area (Å²) in [5.41, 5.74) is 2.90. The second-order valence-electron chi connectivity index (χ2n) is 5.68. The fraction of sp³-hybridized carbons (Fsp3) is 0.150. The van der Waals surface area contributed by atoms with Gasteiger partial charge in [-0.3, -0.25) is 4.98 Å². The van der Waals surface area contributed by atoms with E-state index in [1.54, 1.807) is 25.6 Å². The number of halogens is 2. The zero-order chi connectivity index (χ0) is 17.8. The monoisotopic (exact) mass is 341 g/mol. The topological polar surface area (TPSA) is 31.4 Å². The summed E-state index contributed by atoms with van der Waals surface area (Å²) in [6.45, 7) is 2.23. The first-order valence-electron chi connectivity index (χ1n) is 7.73. The van der Waals surface area contributed by atoms with Gasteiger partial charge in [-0.1, -0.05) is 6.07 Å². The lowest BCUT2D eigenvalue weighted by atomic mass is 10.1. The Hall–Kier alpha value is -2.95. The van der Waals surface area contributed by atoms with Crippen LogP contribution in [0, 0.1) is 18.6 Å². The number of hydrogen-bond donors (Lipinski definition) is 0. The van der Waals surface area contributed by atoms with Crippen molar-refractivity contribution < 1.29 is 18.3 Å². The van der Waals surface area contributed by atoms with Crippen molar-refractivity contribution in [2.75, 3.05) is 7.11 Å². The zero-order valence-electron chi connectivity index (χ0n) is 13.9. The van der Waals surface area contributed by atoms with Crippen molar-refractivity contribution in [1.29, 1.82) is 0 Å². The summed E-state index contributed by atoms with van der Waals surface area (Å²) in [4.78, 5) is 4.13. The molecule has 0 unspecified atom stereocenters. The molecule has 1 aromatic heterocycles. The highest BCUT2D eigenvalue weighted by atomic mass is 19.1. The second-order valence-corrected chi connectivity index (χ2v) is 5.68. The summed E-state index contributed by atoms with van der Waals surface area (Å²) < 4.78 is 37.9. The van der Waals surface area contributed by atoms with Crippen molar-refractivity contribution >= 4 is 0 Å². The van der Waals surface area contributed by atoms with Gasteiger partial charge in [0.2, 0.25) is 0 Å². The predicted octanol–water partition coefficient (Wildman–Crippen LogP) is 4.92. The highest BCUT2D eigenvalue weighted by Crippen LogP contribution is 2.29. The number of aryl methyl sites for hydroxylation is 1. The molecule has 0 N–H and O–H groups in total. The van der Waals surface area contributed by atoms with Gasteiger partial charge in [0.05, 0.1) is 7.11 Å². The lowest BCUT2D eigenvalue weighted by Crippen LogP contribution is -1.99. The molecule has 1 heterocycles. The molecule has 0 radical (unpaired) electrons. The highest BCUT2D eigenvalue weighted by Gasteiger charge is 2.07. The Morgan fingerprint density at radius 2 is 1.64 bits per heavy atom. The van der Waals surface area contributed by atoms with Gasteiger partial charge in [-0.05, 0) is 48.4 Å². The summed E-state index contributed by atoms with van der Waals surface area (Å²) in [5, 5.41) is 0. The minimum absolute atomic E-state index is 0.262. The molecule has 3 rings (SSSR count). The Kier molecular flexibility index (Phi) is 4.93. The van der Waals surface area contributed by atoms with Gasteiger partial charge in [0.1, 0.15) is 18.2 Å². The van der Waals surface area contributed by atoms with Gasteiger partial charge in [-0.25, -0.2) is 8.78 Å². The molecule has 128 valence electrons. The van der Waals surface area contributed by atoms with Crippen molar-refractivity contribution in [2.24, 2.45) is 0 Å². The van der Waals surface area contributed by atoms with Crippen LogP contribution < -0.4 is 9.47 Å². The minimum atomic E-state index is -0.624. The molecular formula is C20H17F2NO2. The summed E-state index contributed by atoms with van der Waals surface area (Å²) in [6, 6.07) is 10.8. The molecule has 0 bridgehead atoms. The second kappa shape index (κ2) is 7.30. The van der Waals surface area contributed by atoms with Crippen LogP contribution in [0.2, 0.25) is 0 Å². The summed E-state index contributed by atoms with van der Waals surface area (Å²) >= 11 is 0. The average Bonchev–Trinajstić information content (AvgIpc) is 2.60. The molecular weight excluding hydrogens is 324 g/mol. The molecule has 25 heavy (non-hydrogen) atoms. The summed E-state index contributed by atoms with van der Waals surface area (Å²) in [6.07, 6.45) is 3.21. The van der Waals surface area contributed by atoms with Crippen molar-refractivity contribution in [3.05, 3.63) is 77.6 Å². The summed E-state index contributed by atoms with van der Waals surface area (Å²) in [7, 11) is 1.59. The molecule has 0 aliphatic carbocycles. The van der Waals surface area contributed by atoms with Gasteiger partial charge < -0.3 is 9.47 Å². The molecule has 2 aromatic carbocycles. The van der Waals surface area contributed by atoms with E-state index in [1.807, 2.05) is 25.1 Å². The van der Waals surface area contributed by atoms with Crippen LogP contribution in [0.25, 0.3) is 11.1 Å². The highest BCUT2D eigenvalue weighted by molar-refractivity contribution is 5.63. The number of methoxy groups -OCH3 is 1. The van der Waals surface area contributed by atoms with Gasteiger partial charge in [0.15, 0.2) is 11.5 Å². The number of aromatic nitrogens is 1. The largest absolute Gasteiger partial charge is 0.493 e. The Balaban J connectivity index is 1.80. The maximum atomic E-state index is 13.4. The Morgan fingerprint density at radius 1 is 0.880 bits per heavy atom. The molecule has 0 spiro atoms. The molecule has 0 fully saturated rings. The van der Waals surface area contributed by atoms with Crippen molar-refractivity contribution in [1.82, 2.24) is 4.98 Å². The molecule has 0 amide bonds. The van der Waals surface area contributed by atoms with Crippen molar-refractivity contribution in [2.45, 2.75) is 13.5 Å². The first-order valence-corrected chi connectivity index (χ1v) is 7.73. The van der Waals surface area contributed by atoms with Gasteiger partial charge in [0.25, 0.3) is 0 Å². The lowest BCUT2D eigenvalue weighted by Gasteiger charge is -2.12. The van der Waals surface area contributed by atoms with Gasteiger partial charge >= 0.3 is 0 Å². The standard InChI is InChI=1S/C20H17F2NO2/c1-13-3-4-19(20(5-13)24-2)25-12-14-6-16(11-23-10-14)15-7-17(21)9-18(22)8-15/h3-11H,12H2,1-2H3. The normalized spacial score (nSPS) is 10.6. The van der Waals surface area contributed by atoms with Crippen LogP contribution in [-0.4, -0.2) is 12.1 Å². The van der Waals surface area contributed by atoms with E-state index in [0.717, 1.165) is 17.2 Å².